The van der Waals surface area contributed by atoms with E-state index in [2.05, 4.69) is 5.32 Å². The van der Waals surface area contributed by atoms with Crippen molar-refractivity contribution in [2.24, 2.45) is 5.92 Å². The molecule has 1 aliphatic carbocycles. The van der Waals surface area contributed by atoms with Crippen LogP contribution in [0.2, 0.25) is 0 Å². The van der Waals surface area contributed by atoms with Crippen LogP contribution < -0.4 is 5.32 Å². The molecule has 2 amide bonds. The molecule has 0 radical (unpaired) electrons. The van der Waals surface area contributed by atoms with Crippen LogP contribution in [0.15, 0.2) is 23.1 Å². The van der Waals surface area contributed by atoms with Gasteiger partial charge in [-0.15, -0.1) is 0 Å². The Morgan fingerprint density at radius 2 is 2.23 bits per heavy atom. The van der Waals surface area contributed by atoms with Gasteiger partial charge in [0.2, 0.25) is 0 Å². The summed E-state index contributed by atoms with van der Waals surface area (Å²) < 4.78 is 30.4. The molecule has 1 atom stereocenters. The monoisotopic (exact) mass is 328 g/mol. The molecule has 0 saturated heterocycles. The standard InChI is InChI=1S/C15H21FN2O3S/c1-18(7-8-21-10-11-3-4-11)15(19)17-12-5-6-14(22(2)20)13(16)9-12/h5-6,9,11H,3-4,7-8,10H2,1-2H3,(H,17,19)/t22-/m0/s1. The normalized spacial score (nSPS) is 15.4. The molecule has 1 N–H and O–H groups in total. The maximum atomic E-state index is 13.7. The van der Waals surface area contributed by atoms with Gasteiger partial charge < -0.3 is 15.0 Å². The maximum absolute atomic E-state index is 13.7. The van der Waals surface area contributed by atoms with Crippen LogP contribution in [0.5, 0.6) is 0 Å². The molecule has 1 aliphatic rings. The second-order valence-electron chi connectivity index (χ2n) is 5.47. The van der Waals surface area contributed by atoms with E-state index in [1.54, 1.807) is 7.05 Å². The second-order valence-corrected chi connectivity index (χ2v) is 6.82. The van der Waals surface area contributed by atoms with Crippen LogP contribution in [0, 0.1) is 11.7 Å². The fourth-order valence-electron chi connectivity index (χ4n) is 1.87. The molecule has 1 aromatic rings. The highest BCUT2D eigenvalue weighted by atomic mass is 32.2. The zero-order chi connectivity index (χ0) is 16.1. The van der Waals surface area contributed by atoms with Gasteiger partial charge in [0.05, 0.1) is 22.3 Å². The first kappa shape index (κ1) is 16.9. The third-order valence-corrected chi connectivity index (χ3v) is 4.41. The zero-order valence-electron chi connectivity index (χ0n) is 12.8. The number of halogens is 1. The summed E-state index contributed by atoms with van der Waals surface area (Å²) in [5.74, 6) is 0.110. The Morgan fingerprint density at radius 1 is 1.50 bits per heavy atom. The number of urea groups is 1. The number of benzene rings is 1. The summed E-state index contributed by atoms with van der Waals surface area (Å²) in [5.41, 5.74) is 0.336. The van der Waals surface area contributed by atoms with Gasteiger partial charge in [0.1, 0.15) is 5.82 Å². The summed E-state index contributed by atoms with van der Waals surface area (Å²) >= 11 is 0. The van der Waals surface area contributed by atoms with Crippen molar-refractivity contribution in [1.82, 2.24) is 4.90 Å². The number of amides is 2. The molecule has 0 aromatic heterocycles. The Balaban J connectivity index is 1.79. The molecule has 2 rings (SSSR count). The molecule has 5 nitrogen and oxygen atoms in total. The lowest BCUT2D eigenvalue weighted by Gasteiger charge is -2.18. The van der Waals surface area contributed by atoms with Crippen molar-refractivity contribution in [3.8, 4) is 0 Å². The summed E-state index contributed by atoms with van der Waals surface area (Å²) in [5, 5.41) is 2.60. The van der Waals surface area contributed by atoms with Crippen molar-refractivity contribution in [3.63, 3.8) is 0 Å². The molecule has 0 heterocycles. The van der Waals surface area contributed by atoms with Crippen LogP contribution in [-0.2, 0) is 15.5 Å². The predicted octanol–water partition coefficient (Wildman–Crippen LogP) is 2.45. The number of carbonyl (C=O) groups is 1. The highest BCUT2D eigenvalue weighted by Crippen LogP contribution is 2.28. The van der Waals surface area contributed by atoms with E-state index in [9.17, 15) is 13.4 Å². The van der Waals surface area contributed by atoms with E-state index in [-0.39, 0.29) is 10.9 Å². The molecular weight excluding hydrogens is 307 g/mol. The average Bonchev–Trinajstić information content (AvgIpc) is 3.27. The third kappa shape index (κ3) is 5.06. The first-order valence-electron chi connectivity index (χ1n) is 7.20. The summed E-state index contributed by atoms with van der Waals surface area (Å²) in [6.45, 7) is 1.72. The van der Waals surface area contributed by atoms with Crippen molar-refractivity contribution in [2.45, 2.75) is 17.7 Å². The molecule has 7 heteroatoms. The van der Waals surface area contributed by atoms with Gasteiger partial charge in [0.25, 0.3) is 0 Å². The number of nitrogens with one attached hydrogen (secondary N) is 1. The molecule has 0 bridgehead atoms. The Bertz CT molecular complexity index is 564. The smallest absolute Gasteiger partial charge is 0.321 e. The van der Waals surface area contributed by atoms with Crippen molar-refractivity contribution < 1.29 is 18.1 Å². The first-order chi connectivity index (χ1) is 10.5. The predicted molar refractivity (Wildman–Crippen MR) is 83.9 cm³/mol. The molecule has 1 aromatic carbocycles. The van der Waals surface area contributed by atoms with Gasteiger partial charge in [-0.05, 0) is 37.0 Å². The number of carbonyl (C=O) groups excluding carboxylic acids is 1. The highest BCUT2D eigenvalue weighted by molar-refractivity contribution is 7.84. The van der Waals surface area contributed by atoms with Gasteiger partial charge in [-0.25, -0.2) is 9.18 Å². The number of rotatable bonds is 7. The van der Waals surface area contributed by atoms with Gasteiger partial charge in [-0.3, -0.25) is 4.21 Å². The molecule has 22 heavy (non-hydrogen) atoms. The quantitative estimate of drug-likeness (QED) is 0.782. The number of hydrogen-bond donors (Lipinski definition) is 1. The minimum Gasteiger partial charge on any atom is -0.379 e. The Morgan fingerprint density at radius 3 is 2.82 bits per heavy atom. The van der Waals surface area contributed by atoms with Gasteiger partial charge >= 0.3 is 6.03 Å². The average molecular weight is 328 g/mol. The van der Waals surface area contributed by atoms with Crippen molar-refractivity contribution in [3.05, 3.63) is 24.0 Å². The van der Waals surface area contributed by atoms with E-state index in [1.807, 2.05) is 0 Å². The lowest BCUT2D eigenvalue weighted by molar-refractivity contribution is 0.109. The third-order valence-electron chi connectivity index (χ3n) is 3.46. The molecule has 0 spiro atoms. The summed E-state index contributed by atoms with van der Waals surface area (Å²) in [6, 6.07) is 3.79. The largest absolute Gasteiger partial charge is 0.379 e. The SMILES string of the molecule is CN(CCOCC1CC1)C(=O)Nc1ccc([S@](C)=O)c(F)c1. The van der Waals surface area contributed by atoms with E-state index >= 15 is 0 Å². The molecular formula is C15H21FN2O3S. The zero-order valence-corrected chi connectivity index (χ0v) is 13.6. The fourth-order valence-corrected chi connectivity index (χ4v) is 2.46. The molecule has 1 fully saturated rings. The van der Waals surface area contributed by atoms with Gasteiger partial charge in [-0.1, -0.05) is 0 Å². The second kappa shape index (κ2) is 7.69. The lowest BCUT2D eigenvalue weighted by Crippen LogP contribution is -2.34. The van der Waals surface area contributed by atoms with Gasteiger partial charge in [-0.2, -0.15) is 0 Å². The minimum atomic E-state index is -1.39. The van der Waals surface area contributed by atoms with E-state index in [0.29, 0.717) is 24.8 Å². The molecule has 122 valence electrons. The molecule has 1 saturated carbocycles. The molecule has 0 unspecified atom stereocenters. The van der Waals surface area contributed by atoms with Crippen LogP contribution in [0.1, 0.15) is 12.8 Å². The van der Waals surface area contributed by atoms with E-state index in [4.69, 9.17) is 4.74 Å². The highest BCUT2D eigenvalue weighted by Gasteiger charge is 2.21. The number of hydrogen-bond acceptors (Lipinski definition) is 3. The van der Waals surface area contributed by atoms with Crippen LogP contribution in [-0.4, -0.2) is 48.2 Å². The summed E-state index contributed by atoms with van der Waals surface area (Å²) in [4.78, 5) is 13.6. The van der Waals surface area contributed by atoms with E-state index in [1.165, 1.54) is 42.2 Å². The lowest BCUT2D eigenvalue weighted by atomic mass is 10.3. The topological polar surface area (TPSA) is 58.6 Å². The van der Waals surface area contributed by atoms with Crippen LogP contribution in [0.25, 0.3) is 0 Å². The maximum Gasteiger partial charge on any atom is 0.321 e. The van der Waals surface area contributed by atoms with Crippen LogP contribution in [0.3, 0.4) is 0 Å². The number of nitrogens with zero attached hydrogens (tertiary/aromatic N) is 1. The number of ether oxygens (including phenoxy) is 1. The van der Waals surface area contributed by atoms with Crippen molar-refractivity contribution in [1.29, 1.82) is 0 Å². The summed E-state index contributed by atoms with van der Waals surface area (Å²) in [6.07, 6.45) is 3.88. The van der Waals surface area contributed by atoms with Crippen LogP contribution >= 0.6 is 0 Å². The van der Waals surface area contributed by atoms with E-state index < -0.39 is 16.6 Å². The molecule has 0 aliphatic heterocycles. The summed E-state index contributed by atoms with van der Waals surface area (Å²) in [7, 11) is 0.265. The number of likely N-dealkylation sites (N-methyl/N-ethyl adjacent to an activating group) is 1. The Hall–Kier alpha value is -1.47. The van der Waals surface area contributed by atoms with Crippen LogP contribution in [0.4, 0.5) is 14.9 Å². The van der Waals surface area contributed by atoms with Crippen molar-refractivity contribution in [2.75, 3.05) is 38.4 Å². The fraction of sp³-hybridized carbons (Fsp3) is 0.533. The Labute approximate surface area is 132 Å². The van der Waals surface area contributed by atoms with E-state index in [0.717, 1.165) is 6.61 Å². The minimum absolute atomic E-state index is 0.125. The van der Waals surface area contributed by atoms with Gasteiger partial charge in [0.15, 0.2) is 0 Å². The Kier molecular flexibility index (Phi) is 5.90. The first-order valence-corrected chi connectivity index (χ1v) is 8.76. The van der Waals surface area contributed by atoms with Crippen molar-refractivity contribution >= 4 is 22.5 Å². The number of anilines is 1. The van der Waals surface area contributed by atoms with Gasteiger partial charge in [0, 0.05) is 32.1 Å².